The van der Waals surface area contributed by atoms with Crippen LogP contribution in [0.25, 0.3) is 0 Å². The number of aromatic carboxylic acids is 1. The second-order valence-corrected chi connectivity index (χ2v) is 4.60. The molecule has 0 heterocycles. The van der Waals surface area contributed by atoms with Crippen LogP contribution < -0.4 is 9.47 Å². The van der Waals surface area contributed by atoms with Crippen LogP contribution in [0, 0.1) is 5.92 Å². The Bertz CT molecular complexity index is 465. The molecule has 0 radical (unpaired) electrons. The number of hydrogen-bond donors (Lipinski definition) is 1. The number of hydrogen-bond acceptors (Lipinski definition) is 4. The number of rotatable bonds is 7. The molecule has 0 amide bonds. The highest BCUT2D eigenvalue weighted by Gasteiger charge is 2.12. The van der Waals surface area contributed by atoms with Gasteiger partial charge in [-0.15, -0.1) is 0 Å². The van der Waals surface area contributed by atoms with Crippen molar-refractivity contribution in [2.24, 2.45) is 5.92 Å². The maximum absolute atomic E-state index is 11.5. The van der Waals surface area contributed by atoms with E-state index >= 15 is 0 Å². The van der Waals surface area contributed by atoms with Gasteiger partial charge in [0, 0.05) is 6.42 Å². The summed E-state index contributed by atoms with van der Waals surface area (Å²) in [6, 6.07) is 4.27. The highest BCUT2D eigenvalue weighted by molar-refractivity contribution is 5.88. The van der Waals surface area contributed by atoms with E-state index in [1.54, 1.807) is 0 Å². The molecule has 0 aliphatic carbocycles. The zero-order chi connectivity index (χ0) is 14.4. The summed E-state index contributed by atoms with van der Waals surface area (Å²) in [4.78, 5) is 22.4. The van der Waals surface area contributed by atoms with Crippen molar-refractivity contribution in [3.8, 4) is 11.5 Å². The molecule has 0 spiro atoms. The van der Waals surface area contributed by atoms with Crippen LogP contribution in [-0.2, 0) is 4.79 Å². The van der Waals surface area contributed by atoms with Gasteiger partial charge >= 0.3 is 5.97 Å². The number of carbonyl (C=O) groups excluding carboxylic acids is 1. The standard InChI is InChI=1S/C14H18O5/c1-9(2)6-11(15)8-19-12-5-4-10(14(16)17)7-13(12)18-3/h4-5,7,9H,6,8H2,1-3H3,(H,16,17). The summed E-state index contributed by atoms with van der Waals surface area (Å²) >= 11 is 0. The summed E-state index contributed by atoms with van der Waals surface area (Å²) in [6.07, 6.45) is 0.454. The molecule has 104 valence electrons. The Morgan fingerprint density at radius 3 is 2.47 bits per heavy atom. The molecule has 1 aromatic rings. The van der Waals surface area contributed by atoms with Gasteiger partial charge in [-0.2, -0.15) is 0 Å². The summed E-state index contributed by atoms with van der Waals surface area (Å²) in [5.41, 5.74) is 0.109. The molecule has 0 saturated heterocycles. The van der Waals surface area contributed by atoms with Crippen LogP contribution in [-0.4, -0.2) is 30.6 Å². The summed E-state index contributed by atoms with van der Waals surface area (Å²) in [6.45, 7) is 3.88. The van der Waals surface area contributed by atoms with Crippen LogP contribution >= 0.6 is 0 Å². The molecule has 0 saturated carbocycles. The first kappa shape index (κ1) is 15.0. The number of carbonyl (C=O) groups is 2. The molecule has 1 rings (SSSR count). The van der Waals surface area contributed by atoms with Gasteiger partial charge in [-0.25, -0.2) is 4.79 Å². The van der Waals surface area contributed by atoms with Crippen LogP contribution in [0.2, 0.25) is 0 Å². The fourth-order valence-corrected chi connectivity index (χ4v) is 1.59. The highest BCUT2D eigenvalue weighted by Crippen LogP contribution is 2.28. The molecule has 0 atom stereocenters. The zero-order valence-electron chi connectivity index (χ0n) is 11.3. The van der Waals surface area contributed by atoms with Gasteiger partial charge in [0.25, 0.3) is 0 Å². The minimum atomic E-state index is -1.04. The Morgan fingerprint density at radius 1 is 1.26 bits per heavy atom. The van der Waals surface area contributed by atoms with Crippen LogP contribution in [0.15, 0.2) is 18.2 Å². The van der Waals surface area contributed by atoms with Gasteiger partial charge in [0.1, 0.15) is 6.61 Å². The number of ketones is 1. The summed E-state index contributed by atoms with van der Waals surface area (Å²) < 4.78 is 10.4. The lowest BCUT2D eigenvalue weighted by atomic mass is 10.1. The smallest absolute Gasteiger partial charge is 0.335 e. The number of carboxylic acids is 1. The molecule has 5 nitrogen and oxygen atoms in total. The Morgan fingerprint density at radius 2 is 1.95 bits per heavy atom. The molecular formula is C14H18O5. The van der Waals surface area contributed by atoms with Crippen molar-refractivity contribution in [1.82, 2.24) is 0 Å². The van der Waals surface area contributed by atoms with E-state index < -0.39 is 5.97 Å². The molecule has 0 aliphatic heterocycles. The van der Waals surface area contributed by atoms with Crippen molar-refractivity contribution in [3.05, 3.63) is 23.8 Å². The van der Waals surface area contributed by atoms with E-state index in [0.717, 1.165) is 0 Å². The zero-order valence-corrected chi connectivity index (χ0v) is 11.3. The minimum absolute atomic E-state index is 0.000589. The number of carboxylic acid groups (broad SMARTS) is 1. The largest absolute Gasteiger partial charge is 0.493 e. The van der Waals surface area contributed by atoms with Gasteiger partial charge in [0.15, 0.2) is 17.3 Å². The molecular weight excluding hydrogens is 248 g/mol. The van der Waals surface area contributed by atoms with Gasteiger partial charge in [0.2, 0.25) is 0 Å². The predicted octanol–water partition coefficient (Wildman–Crippen LogP) is 2.39. The number of ether oxygens (including phenoxy) is 2. The monoisotopic (exact) mass is 266 g/mol. The van der Waals surface area contributed by atoms with Crippen LogP contribution in [0.3, 0.4) is 0 Å². The van der Waals surface area contributed by atoms with Crippen molar-refractivity contribution < 1.29 is 24.2 Å². The van der Waals surface area contributed by atoms with Gasteiger partial charge in [-0.3, -0.25) is 4.79 Å². The van der Waals surface area contributed by atoms with Crippen LogP contribution in [0.4, 0.5) is 0 Å². The summed E-state index contributed by atoms with van der Waals surface area (Å²) in [5.74, 6) is -0.0886. The van der Waals surface area contributed by atoms with E-state index in [1.807, 2.05) is 13.8 Å². The number of benzene rings is 1. The highest BCUT2D eigenvalue weighted by atomic mass is 16.5. The molecule has 1 aromatic carbocycles. The summed E-state index contributed by atoms with van der Waals surface area (Å²) in [7, 11) is 1.42. The molecule has 5 heteroatoms. The normalized spacial score (nSPS) is 10.3. The number of methoxy groups -OCH3 is 1. The quantitative estimate of drug-likeness (QED) is 0.820. The molecule has 0 bridgehead atoms. The lowest BCUT2D eigenvalue weighted by molar-refractivity contribution is -0.121. The fourth-order valence-electron chi connectivity index (χ4n) is 1.59. The van der Waals surface area contributed by atoms with E-state index in [0.29, 0.717) is 17.9 Å². The van der Waals surface area contributed by atoms with Crippen molar-refractivity contribution in [1.29, 1.82) is 0 Å². The van der Waals surface area contributed by atoms with Crippen molar-refractivity contribution >= 4 is 11.8 Å². The SMILES string of the molecule is COc1cc(C(=O)O)ccc1OCC(=O)CC(C)C. The van der Waals surface area contributed by atoms with E-state index in [9.17, 15) is 9.59 Å². The van der Waals surface area contributed by atoms with Gasteiger partial charge in [-0.1, -0.05) is 13.8 Å². The molecule has 0 aromatic heterocycles. The second kappa shape index (κ2) is 6.78. The van der Waals surface area contributed by atoms with Crippen molar-refractivity contribution in [2.45, 2.75) is 20.3 Å². The van der Waals surface area contributed by atoms with Gasteiger partial charge < -0.3 is 14.6 Å². The third kappa shape index (κ3) is 4.62. The fraction of sp³-hybridized carbons (Fsp3) is 0.429. The molecule has 0 unspecified atom stereocenters. The molecule has 19 heavy (non-hydrogen) atoms. The predicted molar refractivity (Wildman–Crippen MR) is 69.9 cm³/mol. The lowest BCUT2D eigenvalue weighted by Crippen LogP contribution is -2.13. The third-order valence-corrected chi connectivity index (χ3v) is 2.44. The molecule has 0 aliphatic rings. The van der Waals surface area contributed by atoms with E-state index in [-0.39, 0.29) is 23.9 Å². The van der Waals surface area contributed by atoms with Gasteiger partial charge in [-0.05, 0) is 24.1 Å². The average Bonchev–Trinajstić information content (AvgIpc) is 2.35. The van der Waals surface area contributed by atoms with Crippen LogP contribution in [0.5, 0.6) is 11.5 Å². The van der Waals surface area contributed by atoms with E-state index in [2.05, 4.69) is 0 Å². The molecule has 1 N–H and O–H groups in total. The Labute approximate surface area is 112 Å². The first-order chi connectivity index (χ1) is 8.93. The average molecular weight is 266 g/mol. The van der Waals surface area contributed by atoms with E-state index in [1.165, 1.54) is 25.3 Å². The first-order valence-corrected chi connectivity index (χ1v) is 6.00. The second-order valence-electron chi connectivity index (χ2n) is 4.60. The number of Topliss-reactive ketones (excluding diaryl/α,β-unsaturated/α-hetero) is 1. The third-order valence-electron chi connectivity index (χ3n) is 2.44. The maximum Gasteiger partial charge on any atom is 0.335 e. The topological polar surface area (TPSA) is 72.8 Å². The molecule has 0 fully saturated rings. The summed E-state index contributed by atoms with van der Waals surface area (Å²) in [5, 5.41) is 8.86. The Balaban J connectivity index is 2.73. The van der Waals surface area contributed by atoms with E-state index in [4.69, 9.17) is 14.6 Å². The minimum Gasteiger partial charge on any atom is -0.493 e. The first-order valence-electron chi connectivity index (χ1n) is 6.00. The van der Waals surface area contributed by atoms with Crippen LogP contribution in [0.1, 0.15) is 30.6 Å². The van der Waals surface area contributed by atoms with Crippen molar-refractivity contribution in [3.63, 3.8) is 0 Å². The Hall–Kier alpha value is -2.04. The van der Waals surface area contributed by atoms with Gasteiger partial charge in [0.05, 0.1) is 12.7 Å². The maximum atomic E-state index is 11.5. The lowest BCUT2D eigenvalue weighted by Gasteiger charge is -2.11. The Kier molecular flexibility index (Phi) is 5.36. The van der Waals surface area contributed by atoms with Crippen molar-refractivity contribution in [2.75, 3.05) is 13.7 Å².